The highest BCUT2D eigenvalue weighted by atomic mass is 16.1. The summed E-state index contributed by atoms with van der Waals surface area (Å²) in [5, 5.41) is 8.62. The first-order chi connectivity index (χ1) is 10.3. The number of rotatable bonds is 0. The fourth-order valence-corrected chi connectivity index (χ4v) is 3.74. The maximum Gasteiger partial charge on any atom is 0.167 e. The van der Waals surface area contributed by atoms with Crippen LogP contribution in [0.2, 0.25) is 0 Å². The van der Waals surface area contributed by atoms with Crippen LogP contribution in [-0.2, 0) is 0 Å². The first-order valence-corrected chi connectivity index (χ1v) is 7.24. The number of carbonyl (C=O) groups is 1. The van der Waals surface area contributed by atoms with Crippen molar-refractivity contribution in [3.8, 4) is 0 Å². The summed E-state index contributed by atoms with van der Waals surface area (Å²) in [5.41, 5.74) is 0.872. The number of ketones is 1. The van der Waals surface area contributed by atoms with Crippen LogP contribution >= 0.6 is 0 Å². The molecule has 0 atom stereocenters. The highest BCUT2D eigenvalue weighted by Gasteiger charge is 2.18. The van der Waals surface area contributed by atoms with Crippen LogP contribution in [0.3, 0.4) is 0 Å². The van der Waals surface area contributed by atoms with E-state index in [0.717, 1.165) is 10.9 Å². The largest absolute Gasteiger partial charge is 0.294 e. The lowest BCUT2D eigenvalue weighted by Gasteiger charge is -2.16. The summed E-state index contributed by atoms with van der Waals surface area (Å²) in [6.07, 6.45) is 2.60. The third kappa shape index (κ3) is 1.28. The average molecular weight is 268 g/mol. The average Bonchev–Trinajstić information content (AvgIpc) is 2.54. The van der Waals surface area contributed by atoms with E-state index in [2.05, 4.69) is 48.5 Å². The first-order valence-electron chi connectivity index (χ1n) is 7.24. The third-order valence-electron chi connectivity index (χ3n) is 4.61. The van der Waals surface area contributed by atoms with Gasteiger partial charge in [-0.1, -0.05) is 60.7 Å². The van der Waals surface area contributed by atoms with Crippen LogP contribution in [0.25, 0.3) is 38.4 Å². The minimum Gasteiger partial charge on any atom is -0.294 e. The fourth-order valence-electron chi connectivity index (χ4n) is 3.74. The van der Waals surface area contributed by atoms with Crippen molar-refractivity contribution in [1.82, 2.24) is 0 Å². The zero-order chi connectivity index (χ0) is 14.0. The summed E-state index contributed by atoms with van der Waals surface area (Å²) >= 11 is 0. The highest BCUT2D eigenvalue weighted by molar-refractivity contribution is 6.26. The maximum absolute atomic E-state index is 12.2. The molecule has 0 saturated heterocycles. The quantitative estimate of drug-likeness (QED) is 0.344. The molecular formula is C20H12O. The fraction of sp³-hybridized carbons (Fsp3) is 0.0500. The zero-order valence-corrected chi connectivity index (χ0v) is 11.4. The molecule has 0 N–H and O–H groups in total. The van der Waals surface area contributed by atoms with Crippen molar-refractivity contribution in [2.75, 3.05) is 0 Å². The molecule has 0 aliphatic heterocycles. The van der Waals surface area contributed by atoms with Gasteiger partial charge in [0.15, 0.2) is 5.78 Å². The van der Waals surface area contributed by atoms with Crippen molar-refractivity contribution in [1.29, 1.82) is 0 Å². The Hall–Kier alpha value is -2.67. The Morgan fingerprint density at radius 2 is 1.38 bits per heavy atom. The second-order valence-electron chi connectivity index (χ2n) is 5.68. The topological polar surface area (TPSA) is 17.1 Å². The number of hydrogen-bond acceptors (Lipinski definition) is 1. The van der Waals surface area contributed by atoms with Crippen LogP contribution < -0.4 is 5.22 Å². The van der Waals surface area contributed by atoms with E-state index < -0.39 is 0 Å². The molecule has 1 nitrogen and oxygen atoms in total. The molecule has 4 aromatic carbocycles. The van der Waals surface area contributed by atoms with Gasteiger partial charge in [-0.05, 0) is 32.1 Å². The lowest BCUT2D eigenvalue weighted by molar-refractivity contribution is 0.1000. The molecule has 98 valence electrons. The van der Waals surface area contributed by atoms with E-state index in [1.807, 2.05) is 12.1 Å². The molecular weight excluding hydrogens is 256 g/mol. The zero-order valence-electron chi connectivity index (χ0n) is 11.4. The molecule has 0 saturated carbocycles. The Morgan fingerprint density at radius 3 is 2.19 bits per heavy atom. The Kier molecular flexibility index (Phi) is 1.95. The molecule has 0 aromatic heterocycles. The molecule has 0 unspecified atom stereocenters. The van der Waals surface area contributed by atoms with Crippen LogP contribution in [0.4, 0.5) is 0 Å². The van der Waals surface area contributed by atoms with E-state index in [1.54, 1.807) is 0 Å². The van der Waals surface area contributed by atoms with Gasteiger partial charge in [-0.2, -0.15) is 0 Å². The summed E-state index contributed by atoms with van der Waals surface area (Å²) in [7, 11) is 0. The second kappa shape index (κ2) is 3.70. The summed E-state index contributed by atoms with van der Waals surface area (Å²) in [6, 6.07) is 19.0. The molecule has 21 heavy (non-hydrogen) atoms. The van der Waals surface area contributed by atoms with Gasteiger partial charge in [-0.15, -0.1) is 0 Å². The lowest BCUT2D eigenvalue weighted by Crippen LogP contribution is -2.16. The molecule has 1 heteroatoms. The van der Waals surface area contributed by atoms with Crippen LogP contribution in [0, 0.1) is 0 Å². The van der Waals surface area contributed by atoms with E-state index in [-0.39, 0.29) is 5.78 Å². The van der Waals surface area contributed by atoms with E-state index in [4.69, 9.17) is 0 Å². The molecule has 0 bridgehead atoms. The van der Waals surface area contributed by atoms with Gasteiger partial charge in [-0.3, -0.25) is 4.79 Å². The van der Waals surface area contributed by atoms with Crippen LogP contribution in [0.15, 0.2) is 54.6 Å². The lowest BCUT2D eigenvalue weighted by atomic mass is 9.87. The Labute approximate surface area is 121 Å². The Balaban J connectivity index is 2.27. The molecule has 0 spiro atoms. The number of hydrogen-bond donors (Lipinski definition) is 0. The normalized spacial score (nSPS) is 14.0. The highest BCUT2D eigenvalue weighted by Crippen LogP contribution is 2.33. The van der Waals surface area contributed by atoms with Gasteiger partial charge in [-0.25, -0.2) is 0 Å². The van der Waals surface area contributed by atoms with Crippen molar-refractivity contribution in [3.05, 3.63) is 65.4 Å². The van der Waals surface area contributed by atoms with Gasteiger partial charge in [0.1, 0.15) is 0 Å². The van der Waals surface area contributed by atoms with E-state index in [0.29, 0.717) is 6.42 Å². The van der Waals surface area contributed by atoms with Crippen molar-refractivity contribution in [2.45, 2.75) is 6.42 Å². The van der Waals surface area contributed by atoms with Crippen LogP contribution in [-0.4, -0.2) is 5.78 Å². The molecule has 1 aliphatic carbocycles. The Bertz CT molecular complexity index is 1110. The Morgan fingerprint density at radius 1 is 0.714 bits per heavy atom. The van der Waals surface area contributed by atoms with Gasteiger partial charge in [0.05, 0.1) is 0 Å². The molecule has 4 aromatic rings. The standard InChI is InChI=1S/C20H12O/c21-18-11-10-16-14-7-2-5-12-4-1-6-13(19(12)14)15-8-3-9-17(18)20(15)16/h1-10H,11H2. The van der Waals surface area contributed by atoms with E-state index >= 15 is 0 Å². The molecule has 0 fully saturated rings. The number of fused-ring (bicyclic) bond motifs is 2. The summed E-state index contributed by atoms with van der Waals surface area (Å²) in [5.74, 6) is 0.224. The molecule has 0 amide bonds. The summed E-state index contributed by atoms with van der Waals surface area (Å²) in [4.78, 5) is 12.2. The summed E-state index contributed by atoms with van der Waals surface area (Å²) < 4.78 is 0. The second-order valence-corrected chi connectivity index (χ2v) is 5.68. The summed E-state index contributed by atoms with van der Waals surface area (Å²) in [6.45, 7) is 0. The first kappa shape index (κ1) is 11.0. The molecule has 0 heterocycles. The SMILES string of the molecule is O=C1CC=c2c3cccc4cccc(c5cccc1c25)c43. The smallest absolute Gasteiger partial charge is 0.167 e. The van der Waals surface area contributed by atoms with E-state index in [1.165, 1.54) is 32.1 Å². The molecule has 0 radical (unpaired) electrons. The van der Waals surface area contributed by atoms with Gasteiger partial charge < -0.3 is 0 Å². The molecule has 5 rings (SSSR count). The van der Waals surface area contributed by atoms with Gasteiger partial charge in [0, 0.05) is 17.4 Å². The maximum atomic E-state index is 12.2. The van der Waals surface area contributed by atoms with Crippen molar-refractivity contribution in [3.63, 3.8) is 0 Å². The van der Waals surface area contributed by atoms with Gasteiger partial charge >= 0.3 is 0 Å². The van der Waals surface area contributed by atoms with Gasteiger partial charge in [0.25, 0.3) is 0 Å². The third-order valence-corrected chi connectivity index (χ3v) is 4.61. The van der Waals surface area contributed by atoms with Crippen LogP contribution in [0.5, 0.6) is 0 Å². The van der Waals surface area contributed by atoms with Crippen LogP contribution in [0.1, 0.15) is 16.8 Å². The minimum atomic E-state index is 0.224. The van der Waals surface area contributed by atoms with Crippen molar-refractivity contribution >= 4 is 44.2 Å². The van der Waals surface area contributed by atoms with Gasteiger partial charge in [0.2, 0.25) is 0 Å². The predicted molar refractivity (Wildman–Crippen MR) is 87.6 cm³/mol. The minimum absolute atomic E-state index is 0.224. The van der Waals surface area contributed by atoms with E-state index in [9.17, 15) is 4.79 Å². The number of carbonyl (C=O) groups excluding carboxylic acids is 1. The number of benzene rings is 4. The van der Waals surface area contributed by atoms with Crippen molar-refractivity contribution < 1.29 is 4.79 Å². The molecule has 1 aliphatic rings. The number of Topliss-reactive ketones (excluding diaryl/α,β-unsaturated/α-hetero) is 1. The monoisotopic (exact) mass is 268 g/mol. The van der Waals surface area contributed by atoms with Crippen molar-refractivity contribution in [2.24, 2.45) is 0 Å². The predicted octanol–water partition coefficient (Wildman–Crippen LogP) is 4.23.